The predicted octanol–water partition coefficient (Wildman–Crippen LogP) is 3.50. The second kappa shape index (κ2) is 10.1. The van der Waals surface area contributed by atoms with Crippen LogP contribution in [0.25, 0.3) is 0 Å². The van der Waals surface area contributed by atoms with Gasteiger partial charge in [0.25, 0.3) is 0 Å². The van der Waals surface area contributed by atoms with E-state index < -0.39 is 0 Å². The van der Waals surface area contributed by atoms with Crippen LogP contribution < -0.4 is 14.8 Å². The van der Waals surface area contributed by atoms with Crippen molar-refractivity contribution in [2.24, 2.45) is 5.92 Å². The summed E-state index contributed by atoms with van der Waals surface area (Å²) in [5.74, 6) is 1.03. The molecule has 1 fully saturated rings. The van der Waals surface area contributed by atoms with Crippen molar-refractivity contribution in [1.82, 2.24) is 10.2 Å². The summed E-state index contributed by atoms with van der Waals surface area (Å²) < 4.78 is 10.6. The van der Waals surface area contributed by atoms with Gasteiger partial charge in [0, 0.05) is 31.5 Å². The van der Waals surface area contributed by atoms with E-state index in [2.05, 4.69) is 44.3 Å². The molecule has 32 heavy (non-hydrogen) atoms. The highest BCUT2D eigenvalue weighted by Crippen LogP contribution is 2.28. The van der Waals surface area contributed by atoms with Crippen molar-refractivity contribution in [3.05, 3.63) is 59.2 Å². The average molecular weight is 439 g/mol. The molecule has 1 saturated heterocycles. The Bertz CT molecular complexity index is 970. The molecule has 2 amide bonds. The minimum absolute atomic E-state index is 0.0311. The number of rotatable bonds is 9. The number of nitrogens with zero attached hydrogens (tertiary/aromatic N) is 1. The summed E-state index contributed by atoms with van der Waals surface area (Å²) in [5.41, 5.74) is 3.27. The van der Waals surface area contributed by atoms with Gasteiger partial charge in [0.2, 0.25) is 11.8 Å². The summed E-state index contributed by atoms with van der Waals surface area (Å²) in [7, 11) is 3.21. The van der Waals surface area contributed by atoms with E-state index in [9.17, 15) is 9.59 Å². The highest BCUT2D eigenvalue weighted by molar-refractivity contribution is 5.89. The third-order valence-electron chi connectivity index (χ3n) is 6.21. The maximum absolute atomic E-state index is 12.8. The standard InChI is InChI=1S/C26H34N2O4/c1-18-7-6-8-21(13-18)26(2,3)17-27-25(30)20-15-24(29)28(16-20)12-11-19-9-10-22(31-4)23(14-19)32-5/h6-10,13-14,20H,11-12,15-17H2,1-5H3,(H,27,30). The van der Waals surface area contributed by atoms with Crippen LogP contribution in [0.5, 0.6) is 11.5 Å². The van der Waals surface area contributed by atoms with Crippen molar-refractivity contribution in [2.75, 3.05) is 33.9 Å². The lowest BCUT2D eigenvalue weighted by Gasteiger charge is -2.27. The van der Waals surface area contributed by atoms with Gasteiger partial charge in [-0.25, -0.2) is 0 Å². The first kappa shape index (κ1) is 23.6. The zero-order valence-corrected chi connectivity index (χ0v) is 19.7. The molecule has 1 unspecified atom stereocenters. The van der Waals surface area contributed by atoms with Crippen molar-refractivity contribution < 1.29 is 19.1 Å². The van der Waals surface area contributed by atoms with E-state index in [4.69, 9.17) is 9.47 Å². The highest BCUT2D eigenvalue weighted by atomic mass is 16.5. The third-order valence-corrected chi connectivity index (χ3v) is 6.21. The summed E-state index contributed by atoms with van der Waals surface area (Å²) in [6.07, 6.45) is 0.962. The molecule has 0 aromatic heterocycles. The molecule has 2 aromatic carbocycles. The van der Waals surface area contributed by atoms with Crippen LogP contribution in [0, 0.1) is 12.8 Å². The number of amides is 2. The molecule has 1 aliphatic heterocycles. The molecule has 0 saturated carbocycles. The lowest BCUT2D eigenvalue weighted by Crippen LogP contribution is -2.40. The van der Waals surface area contributed by atoms with Gasteiger partial charge < -0.3 is 19.7 Å². The molecule has 2 aromatic rings. The minimum atomic E-state index is -0.304. The molecule has 0 aliphatic carbocycles. The van der Waals surface area contributed by atoms with Crippen molar-refractivity contribution in [1.29, 1.82) is 0 Å². The molecule has 0 spiro atoms. The molecule has 172 valence electrons. The number of carbonyl (C=O) groups is 2. The van der Waals surface area contributed by atoms with Crippen LogP contribution in [0.3, 0.4) is 0 Å². The Labute approximate surface area is 190 Å². The van der Waals surface area contributed by atoms with Gasteiger partial charge in [0.05, 0.1) is 20.1 Å². The highest BCUT2D eigenvalue weighted by Gasteiger charge is 2.34. The lowest BCUT2D eigenvalue weighted by molar-refractivity contribution is -0.129. The number of nitrogens with one attached hydrogen (secondary N) is 1. The van der Waals surface area contributed by atoms with Gasteiger partial charge in [-0.15, -0.1) is 0 Å². The van der Waals surface area contributed by atoms with Gasteiger partial charge in [0.1, 0.15) is 0 Å². The molecular weight excluding hydrogens is 404 g/mol. The van der Waals surface area contributed by atoms with E-state index in [0.717, 1.165) is 5.56 Å². The smallest absolute Gasteiger partial charge is 0.225 e. The number of carbonyl (C=O) groups excluding carboxylic acids is 2. The first-order chi connectivity index (χ1) is 15.2. The number of likely N-dealkylation sites (tertiary alicyclic amines) is 1. The third kappa shape index (κ3) is 5.61. The molecule has 1 aliphatic rings. The molecule has 3 rings (SSSR count). The fourth-order valence-corrected chi connectivity index (χ4v) is 4.08. The lowest BCUT2D eigenvalue weighted by atomic mass is 9.84. The van der Waals surface area contributed by atoms with Crippen LogP contribution in [0.4, 0.5) is 0 Å². The van der Waals surface area contributed by atoms with E-state index in [1.807, 2.05) is 24.3 Å². The van der Waals surface area contributed by atoms with Crippen LogP contribution >= 0.6 is 0 Å². The van der Waals surface area contributed by atoms with E-state index in [0.29, 0.717) is 37.6 Å². The zero-order chi connectivity index (χ0) is 23.3. The van der Waals surface area contributed by atoms with Gasteiger partial charge in [-0.1, -0.05) is 49.7 Å². The molecule has 0 radical (unpaired) electrons. The number of hydrogen-bond acceptors (Lipinski definition) is 4. The predicted molar refractivity (Wildman–Crippen MR) is 125 cm³/mol. The van der Waals surface area contributed by atoms with Gasteiger partial charge >= 0.3 is 0 Å². The van der Waals surface area contributed by atoms with E-state index >= 15 is 0 Å². The Morgan fingerprint density at radius 3 is 2.56 bits per heavy atom. The Morgan fingerprint density at radius 1 is 1.12 bits per heavy atom. The molecule has 1 atom stereocenters. The number of benzene rings is 2. The molecule has 1 heterocycles. The first-order valence-corrected chi connectivity index (χ1v) is 11.1. The summed E-state index contributed by atoms with van der Waals surface area (Å²) in [6, 6.07) is 14.1. The summed E-state index contributed by atoms with van der Waals surface area (Å²) >= 11 is 0. The monoisotopic (exact) mass is 438 g/mol. The van der Waals surface area contributed by atoms with Crippen molar-refractivity contribution >= 4 is 11.8 Å². The summed E-state index contributed by atoms with van der Waals surface area (Å²) in [4.78, 5) is 27.1. The van der Waals surface area contributed by atoms with Crippen molar-refractivity contribution in [3.63, 3.8) is 0 Å². The normalized spacial score (nSPS) is 16.2. The fraction of sp³-hybridized carbons (Fsp3) is 0.462. The Hall–Kier alpha value is -3.02. The van der Waals surface area contributed by atoms with Crippen LogP contribution in [-0.4, -0.2) is 50.6 Å². The number of methoxy groups -OCH3 is 2. The van der Waals surface area contributed by atoms with Crippen molar-refractivity contribution in [2.45, 2.75) is 39.0 Å². The zero-order valence-electron chi connectivity index (χ0n) is 19.7. The second-order valence-corrected chi connectivity index (χ2v) is 9.15. The summed E-state index contributed by atoms with van der Waals surface area (Å²) in [5, 5.41) is 3.08. The van der Waals surface area contributed by atoms with Crippen molar-refractivity contribution in [3.8, 4) is 11.5 Å². The van der Waals surface area contributed by atoms with Gasteiger partial charge in [-0.3, -0.25) is 9.59 Å². The quantitative estimate of drug-likeness (QED) is 0.651. The van der Waals surface area contributed by atoms with E-state index in [1.165, 1.54) is 11.1 Å². The van der Waals surface area contributed by atoms with Crippen LogP contribution in [-0.2, 0) is 21.4 Å². The van der Waals surface area contributed by atoms with Crippen LogP contribution in [0.1, 0.15) is 37.0 Å². The number of aryl methyl sites for hydroxylation is 1. The summed E-state index contributed by atoms with van der Waals surface area (Å²) in [6.45, 7) is 7.88. The Balaban J connectivity index is 1.53. The molecule has 0 bridgehead atoms. The van der Waals surface area contributed by atoms with Gasteiger partial charge in [0.15, 0.2) is 11.5 Å². The second-order valence-electron chi connectivity index (χ2n) is 9.15. The van der Waals surface area contributed by atoms with Crippen LogP contribution in [0.2, 0.25) is 0 Å². The number of ether oxygens (including phenoxy) is 2. The van der Waals surface area contributed by atoms with E-state index in [-0.39, 0.29) is 29.6 Å². The van der Waals surface area contributed by atoms with E-state index in [1.54, 1.807) is 19.1 Å². The number of hydrogen-bond donors (Lipinski definition) is 1. The minimum Gasteiger partial charge on any atom is -0.493 e. The Morgan fingerprint density at radius 2 is 1.88 bits per heavy atom. The fourth-order valence-electron chi connectivity index (χ4n) is 4.08. The van der Waals surface area contributed by atoms with Gasteiger partial charge in [-0.05, 0) is 36.6 Å². The molecule has 6 heteroatoms. The molecular formula is C26H34N2O4. The molecule has 1 N–H and O–H groups in total. The largest absolute Gasteiger partial charge is 0.493 e. The Kier molecular flexibility index (Phi) is 7.44. The maximum atomic E-state index is 12.8. The topological polar surface area (TPSA) is 67.9 Å². The molecule has 6 nitrogen and oxygen atoms in total. The first-order valence-electron chi connectivity index (χ1n) is 11.1. The van der Waals surface area contributed by atoms with Gasteiger partial charge in [-0.2, -0.15) is 0 Å². The SMILES string of the molecule is COc1ccc(CCN2CC(C(=O)NCC(C)(C)c3cccc(C)c3)CC2=O)cc1OC. The maximum Gasteiger partial charge on any atom is 0.225 e. The average Bonchev–Trinajstić information content (AvgIpc) is 3.16. The van der Waals surface area contributed by atoms with Crippen LogP contribution in [0.15, 0.2) is 42.5 Å².